The molecule has 8 heteroatoms. The second kappa shape index (κ2) is 9.71. The van der Waals surface area contributed by atoms with Crippen LogP contribution in [0.4, 0.5) is 11.4 Å². The number of halogens is 1. The molecule has 0 saturated carbocycles. The van der Waals surface area contributed by atoms with Crippen LogP contribution in [0.2, 0.25) is 0 Å². The summed E-state index contributed by atoms with van der Waals surface area (Å²) in [4.78, 5) is 24.2. The van der Waals surface area contributed by atoms with Gasteiger partial charge in [0.2, 0.25) is 0 Å². The zero-order chi connectivity index (χ0) is 22.0. The Bertz CT molecular complexity index is 1070. The van der Waals surface area contributed by atoms with Crippen LogP contribution < -0.4 is 9.64 Å². The maximum atomic E-state index is 13.5. The summed E-state index contributed by atoms with van der Waals surface area (Å²) in [5.41, 5.74) is 1.91. The van der Waals surface area contributed by atoms with Crippen LogP contribution in [0.1, 0.15) is 26.7 Å². The van der Waals surface area contributed by atoms with Gasteiger partial charge < -0.3 is 9.64 Å². The lowest BCUT2D eigenvalue weighted by atomic mass is 10.2. The van der Waals surface area contributed by atoms with Gasteiger partial charge in [0.15, 0.2) is 5.17 Å². The molecule has 5 nitrogen and oxygen atoms in total. The lowest BCUT2D eigenvalue weighted by Crippen LogP contribution is -2.30. The van der Waals surface area contributed by atoms with Crippen molar-refractivity contribution in [3.05, 3.63) is 56.9 Å². The molecule has 1 saturated heterocycles. The molecular weight excluding hydrogens is 494 g/mol. The number of carbonyl (C=O) groups excluding carboxylic acids is 1. The Morgan fingerprint density at radius 2 is 1.94 bits per heavy atom. The van der Waals surface area contributed by atoms with E-state index < -0.39 is 0 Å². The van der Waals surface area contributed by atoms with E-state index in [2.05, 4.69) is 40.7 Å². The summed E-state index contributed by atoms with van der Waals surface area (Å²) in [6.07, 6.45) is 1.96. The van der Waals surface area contributed by atoms with Crippen LogP contribution in [0.5, 0.6) is 5.75 Å². The average Bonchev–Trinajstić information content (AvgIpc) is 3.28. The fourth-order valence-electron chi connectivity index (χ4n) is 3.46. The highest BCUT2D eigenvalue weighted by Crippen LogP contribution is 2.51. The second-order valence-electron chi connectivity index (χ2n) is 7.10. The first-order valence-corrected chi connectivity index (χ1v) is 12.7. The number of hydrogen-bond donors (Lipinski definition) is 0. The molecule has 2 aliphatic rings. The molecule has 1 fully saturated rings. The maximum Gasteiger partial charge on any atom is 0.269 e. The zero-order valence-electron chi connectivity index (χ0n) is 17.7. The van der Waals surface area contributed by atoms with Crippen molar-refractivity contribution in [3.8, 4) is 5.75 Å². The molecule has 162 valence electrons. The van der Waals surface area contributed by atoms with Crippen LogP contribution in [0.25, 0.3) is 0 Å². The topological polar surface area (TPSA) is 45.1 Å². The quantitative estimate of drug-likeness (QED) is 0.402. The number of carbonyl (C=O) groups is 1. The summed E-state index contributed by atoms with van der Waals surface area (Å²) >= 11 is 6.62. The monoisotopic (exact) mass is 517 g/mol. The minimum absolute atomic E-state index is 0.0351. The normalized spacial score (nSPS) is 19.5. The fraction of sp³-hybridized carbons (Fsp3) is 0.304. The molecular formula is C23H24BrN3O2S2. The van der Waals surface area contributed by atoms with Crippen molar-refractivity contribution in [2.75, 3.05) is 25.1 Å². The third-order valence-corrected chi connectivity index (χ3v) is 7.92. The van der Waals surface area contributed by atoms with Gasteiger partial charge in [-0.15, -0.1) is 0 Å². The Kier molecular flexibility index (Phi) is 6.99. The number of benzene rings is 2. The summed E-state index contributed by atoms with van der Waals surface area (Å²) in [5.74, 6) is 0.851. The molecule has 2 aromatic rings. The lowest BCUT2D eigenvalue weighted by molar-refractivity contribution is -0.122. The molecule has 0 spiro atoms. The Morgan fingerprint density at radius 1 is 1.10 bits per heavy atom. The number of nitrogens with zero attached hydrogens (tertiary/aromatic N) is 3. The van der Waals surface area contributed by atoms with Crippen LogP contribution in [-0.4, -0.2) is 36.2 Å². The third-order valence-electron chi connectivity index (χ3n) is 5.05. The van der Waals surface area contributed by atoms with E-state index in [1.54, 1.807) is 18.9 Å². The summed E-state index contributed by atoms with van der Waals surface area (Å²) in [5, 5.41) is 1.71. The van der Waals surface area contributed by atoms with Crippen LogP contribution in [0, 0.1) is 0 Å². The van der Waals surface area contributed by atoms with E-state index in [1.165, 1.54) is 11.8 Å². The van der Waals surface area contributed by atoms with Crippen molar-refractivity contribution >= 4 is 61.9 Å². The van der Waals surface area contributed by atoms with Gasteiger partial charge in [-0.25, -0.2) is 4.99 Å². The average molecular weight is 519 g/mol. The van der Waals surface area contributed by atoms with E-state index in [9.17, 15) is 4.79 Å². The van der Waals surface area contributed by atoms with Crippen LogP contribution in [0.15, 0.2) is 66.8 Å². The molecule has 0 aromatic heterocycles. The molecule has 0 N–H and O–H groups in total. The third kappa shape index (κ3) is 4.52. The van der Waals surface area contributed by atoms with Crippen molar-refractivity contribution in [1.29, 1.82) is 0 Å². The summed E-state index contributed by atoms with van der Waals surface area (Å²) in [6, 6.07) is 13.9. The van der Waals surface area contributed by atoms with Gasteiger partial charge >= 0.3 is 0 Å². The van der Waals surface area contributed by atoms with Crippen molar-refractivity contribution in [3.63, 3.8) is 0 Å². The summed E-state index contributed by atoms with van der Waals surface area (Å²) < 4.78 is 6.38. The van der Waals surface area contributed by atoms with Gasteiger partial charge in [0.1, 0.15) is 15.7 Å². The smallest absolute Gasteiger partial charge is 0.269 e. The molecule has 0 radical (unpaired) electrons. The molecule has 0 unspecified atom stereocenters. The number of thioether (sulfide) groups is 2. The lowest BCUT2D eigenvalue weighted by Gasteiger charge is -2.19. The van der Waals surface area contributed by atoms with Crippen molar-refractivity contribution in [2.45, 2.75) is 31.6 Å². The van der Waals surface area contributed by atoms with Crippen molar-refractivity contribution in [2.24, 2.45) is 4.99 Å². The zero-order valence-corrected chi connectivity index (χ0v) is 20.9. The van der Waals surface area contributed by atoms with E-state index in [-0.39, 0.29) is 5.91 Å². The highest BCUT2D eigenvalue weighted by molar-refractivity contribution is 9.10. The summed E-state index contributed by atoms with van der Waals surface area (Å²) in [7, 11) is 1.67. The standard InChI is InChI=1S/C23H24BrN3O2S2/c1-4-6-12-27-21(28)20(31-23(27)25-16-9-7-8-15(24)13-16)22-26(5-2)18-14-17(29-3)10-11-19(18)30-22/h7-11,13-14H,4-6,12H2,1-3H3/b22-20-,25-23?. The number of amides is 1. The molecule has 2 aromatic carbocycles. The van der Waals surface area contributed by atoms with Crippen LogP contribution >= 0.6 is 39.5 Å². The second-order valence-corrected chi connectivity index (χ2v) is 10.0. The molecule has 0 atom stereocenters. The fourth-order valence-corrected chi connectivity index (χ4v) is 6.25. The molecule has 0 bridgehead atoms. The molecule has 31 heavy (non-hydrogen) atoms. The Labute approximate surface area is 200 Å². The van der Waals surface area contributed by atoms with Gasteiger partial charge in [-0.05, 0) is 55.4 Å². The van der Waals surface area contributed by atoms with Gasteiger partial charge in [-0.1, -0.05) is 47.1 Å². The van der Waals surface area contributed by atoms with E-state index in [0.717, 1.165) is 61.0 Å². The highest BCUT2D eigenvalue weighted by Gasteiger charge is 2.39. The minimum Gasteiger partial charge on any atom is -0.497 e. The first-order chi connectivity index (χ1) is 15.0. The predicted octanol–water partition coefficient (Wildman–Crippen LogP) is 6.62. The predicted molar refractivity (Wildman–Crippen MR) is 134 cm³/mol. The molecule has 2 heterocycles. The Morgan fingerprint density at radius 3 is 2.65 bits per heavy atom. The van der Waals surface area contributed by atoms with E-state index >= 15 is 0 Å². The summed E-state index contributed by atoms with van der Waals surface area (Å²) in [6.45, 7) is 5.68. The van der Waals surface area contributed by atoms with Crippen molar-refractivity contribution in [1.82, 2.24) is 4.90 Å². The number of methoxy groups -OCH3 is 1. The van der Waals surface area contributed by atoms with Gasteiger partial charge in [-0.3, -0.25) is 9.69 Å². The number of hydrogen-bond acceptors (Lipinski definition) is 6. The first kappa shape index (κ1) is 22.3. The molecule has 2 aliphatic heterocycles. The van der Waals surface area contributed by atoms with E-state index in [0.29, 0.717) is 6.54 Å². The number of ether oxygens (including phenoxy) is 1. The number of unbranched alkanes of at least 4 members (excludes halogenated alkanes) is 1. The number of amidine groups is 1. The van der Waals surface area contributed by atoms with Gasteiger partial charge in [0, 0.05) is 28.5 Å². The maximum absolute atomic E-state index is 13.5. The van der Waals surface area contributed by atoms with Crippen molar-refractivity contribution < 1.29 is 9.53 Å². The molecule has 0 aliphatic carbocycles. The highest BCUT2D eigenvalue weighted by atomic mass is 79.9. The molecule has 4 rings (SSSR count). The van der Waals surface area contributed by atoms with Gasteiger partial charge in [0.25, 0.3) is 5.91 Å². The van der Waals surface area contributed by atoms with Crippen LogP contribution in [0.3, 0.4) is 0 Å². The Hall–Kier alpha value is -1.90. The first-order valence-electron chi connectivity index (χ1n) is 10.3. The number of anilines is 1. The van der Waals surface area contributed by atoms with Gasteiger partial charge in [-0.2, -0.15) is 0 Å². The number of fused-ring (bicyclic) bond motifs is 1. The van der Waals surface area contributed by atoms with E-state index in [1.807, 2.05) is 41.3 Å². The number of rotatable bonds is 6. The molecule has 1 amide bonds. The Balaban J connectivity index is 1.74. The SMILES string of the molecule is CCCCN1C(=O)/C(=C2/Sc3ccc(OC)cc3N2CC)SC1=Nc1cccc(Br)c1. The van der Waals surface area contributed by atoms with Crippen LogP contribution in [-0.2, 0) is 4.79 Å². The van der Waals surface area contributed by atoms with Gasteiger partial charge in [0.05, 0.1) is 18.5 Å². The number of aliphatic imine (C=N–C) groups is 1. The minimum atomic E-state index is 0.0351. The van der Waals surface area contributed by atoms with E-state index in [4.69, 9.17) is 9.73 Å². The largest absolute Gasteiger partial charge is 0.497 e.